The van der Waals surface area contributed by atoms with Gasteiger partial charge in [-0.1, -0.05) is 0 Å². The summed E-state index contributed by atoms with van der Waals surface area (Å²) in [4.78, 5) is 42.5. The van der Waals surface area contributed by atoms with Crippen LogP contribution in [0.3, 0.4) is 0 Å². The molecule has 22 heavy (non-hydrogen) atoms. The van der Waals surface area contributed by atoms with Gasteiger partial charge in [0.2, 0.25) is 0 Å². The van der Waals surface area contributed by atoms with E-state index in [-0.39, 0.29) is 34.1 Å². The number of hydrogen-bond donors (Lipinski definition) is 2. The largest absolute Gasteiger partial charge is 2.00 e. The van der Waals surface area contributed by atoms with E-state index in [1.807, 2.05) is 0 Å². The number of hydrogen-bond acceptors (Lipinski definition) is 10. The van der Waals surface area contributed by atoms with Crippen LogP contribution >= 0.6 is 0 Å². The first-order valence-corrected chi connectivity index (χ1v) is 5.29. The van der Waals surface area contributed by atoms with Crippen molar-refractivity contribution in [1.29, 1.82) is 0 Å². The maximum atomic E-state index is 10.6. The Balaban J connectivity index is -0.00000180. The Morgan fingerprint density at radius 1 is 0.591 bits per heavy atom. The molecule has 0 saturated heterocycles. The van der Waals surface area contributed by atoms with Gasteiger partial charge in [-0.05, 0) is 0 Å². The molecular formula is C10H12Mn2N2O8. The predicted octanol–water partition coefficient (Wildman–Crippen LogP) is -7.06. The molecule has 12 heteroatoms. The summed E-state index contributed by atoms with van der Waals surface area (Å²) < 4.78 is 0. The van der Waals surface area contributed by atoms with Gasteiger partial charge < -0.3 is 51.1 Å². The summed E-state index contributed by atoms with van der Waals surface area (Å²) in [5, 5.41) is 42.5. The zero-order valence-corrected chi connectivity index (χ0v) is 13.4. The number of carboxylic acid groups (broad SMARTS) is 4. The van der Waals surface area contributed by atoms with E-state index in [1.165, 1.54) is 0 Å². The Hall–Kier alpha value is -1.16. The molecule has 0 amide bonds. The third-order valence-electron chi connectivity index (χ3n) is 2.83. The molecule has 0 aliphatic heterocycles. The average Bonchev–Trinajstić information content (AvgIpc) is 2.10. The van der Waals surface area contributed by atoms with Crippen molar-refractivity contribution < 1.29 is 73.7 Å². The first-order valence-electron chi connectivity index (χ1n) is 5.29. The Kier molecular flexibility index (Phi) is 11.5. The summed E-state index contributed by atoms with van der Waals surface area (Å²) in [6.07, 6.45) is -4.73. The van der Waals surface area contributed by atoms with Crippen molar-refractivity contribution in [3.05, 3.63) is 0 Å². The van der Waals surface area contributed by atoms with Crippen molar-refractivity contribution in [3.63, 3.8) is 0 Å². The molecule has 0 aliphatic carbocycles. The molecule has 0 atom stereocenters. The van der Waals surface area contributed by atoms with Crippen molar-refractivity contribution in [2.24, 2.45) is 11.5 Å². The number of carbonyl (C=O) groups excluding carboxylic acids is 4. The van der Waals surface area contributed by atoms with E-state index in [0.29, 0.717) is 0 Å². The topological polar surface area (TPSA) is 213 Å². The summed E-state index contributed by atoms with van der Waals surface area (Å²) in [6, 6.07) is 0. The van der Waals surface area contributed by atoms with E-state index < -0.39 is 60.6 Å². The average molecular weight is 398 g/mol. The Morgan fingerprint density at radius 3 is 0.818 bits per heavy atom. The van der Waals surface area contributed by atoms with E-state index in [0.717, 1.165) is 0 Å². The fourth-order valence-corrected chi connectivity index (χ4v) is 1.86. The zero-order chi connectivity index (χ0) is 16.1. The van der Waals surface area contributed by atoms with Crippen LogP contribution in [-0.2, 0) is 53.3 Å². The molecule has 0 fully saturated rings. The minimum atomic E-state index is -2.43. The van der Waals surface area contributed by atoms with E-state index in [1.54, 1.807) is 0 Å². The van der Waals surface area contributed by atoms with Gasteiger partial charge in [0.25, 0.3) is 0 Å². The first kappa shape index (κ1) is 25.8. The second kappa shape index (κ2) is 9.77. The second-order valence-electron chi connectivity index (χ2n) is 4.51. The molecule has 0 bridgehead atoms. The van der Waals surface area contributed by atoms with Crippen molar-refractivity contribution >= 4 is 23.9 Å². The van der Waals surface area contributed by atoms with Gasteiger partial charge in [-0.25, -0.2) is 0 Å². The molecule has 0 heterocycles. The molecule has 4 N–H and O–H groups in total. The van der Waals surface area contributed by atoms with Gasteiger partial charge >= 0.3 is 34.1 Å². The molecule has 0 spiro atoms. The van der Waals surface area contributed by atoms with Crippen LogP contribution in [0.2, 0.25) is 0 Å². The Bertz CT molecular complexity index is 371. The van der Waals surface area contributed by atoms with Gasteiger partial charge in [0.05, 0.1) is 0 Å². The van der Waals surface area contributed by atoms with Crippen molar-refractivity contribution in [3.8, 4) is 0 Å². The normalized spacial score (nSPS) is 10.8. The molecule has 0 unspecified atom stereocenters. The molecule has 0 aliphatic rings. The number of carbonyl (C=O) groups is 4. The van der Waals surface area contributed by atoms with Crippen molar-refractivity contribution in [1.82, 2.24) is 0 Å². The van der Waals surface area contributed by atoms with Gasteiger partial charge in [-0.2, -0.15) is 0 Å². The van der Waals surface area contributed by atoms with E-state index in [2.05, 4.69) is 0 Å². The fourth-order valence-electron chi connectivity index (χ4n) is 1.86. The first-order chi connectivity index (χ1) is 8.92. The smallest absolute Gasteiger partial charge is 0.550 e. The predicted molar refractivity (Wildman–Crippen MR) is 52.3 cm³/mol. The van der Waals surface area contributed by atoms with Gasteiger partial charge in [0, 0.05) is 60.6 Å². The van der Waals surface area contributed by atoms with Crippen LogP contribution < -0.4 is 31.9 Å². The number of nitrogens with two attached hydrogens (primary N) is 2. The molecule has 0 aromatic heterocycles. The van der Waals surface area contributed by atoms with Gasteiger partial charge in [0.1, 0.15) is 0 Å². The van der Waals surface area contributed by atoms with Crippen molar-refractivity contribution in [2.75, 3.05) is 0 Å². The van der Waals surface area contributed by atoms with Crippen LogP contribution in [0.4, 0.5) is 0 Å². The molecule has 2 radical (unpaired) electrons. The second-order valence-corrected chi connectivity index (χ2v) is 4.51. The van der Waals surface area contributed by atoms with Crippen LogP contribution in [0.1, 0.15) is 25.7 Å². The van der Waals surface area contributed by atoms with Gasteiger partial charge in [0.15, 0.2) is 0 Å². The minimum absolute atomic E-state index is 0. The maximum absolute atomic E-state index is 10.6. The summed E-state index contributed by atoms with van der Waals surface area (Å²) >= 11 is 0. The Morgan fingerprint density at radius 2 is 0.727 bits per heavy atom. The fraction of sp³-hybridized carbons (Fsp3) is 0.600. The van der Waals surface area contributed by atoms with Crippen LogP contribution in [0.5, 0.6) is 0 Å². The SMILES string of the molecule is NC(CC(=O)[O-])(CC(=O)[O-])C(N)(CC(=O)[O-])CC(=O)[O-].[Mn+2].[Mn+2]. The van der Waals surface area contributed by atoms with E-state index in [4.69, 9.17) is 11.5 Å². The van der Waals surface area contributed by atoms with Crippen LogP contribution in [-0.4, -0.2) is 35.0 Å². The van der Waals surface area contributed by atoms with E-state index >= 15 is 0 Å². The summed E-state index contributed by atoms with van der Waals surface area (Å²) in [7, 11) is 0. The zero-order valence-electron chi connectivity index (χ0n) is 11.0. The molecule has 0 aromatic carbocycles. The monoisotopic (exact) mass is 398 g/mol. The third-order valence-corrected chi connectivity index (χ3v) is 2.83. The molecular weight excluding hydrogens is 386 g/mol. The number of carboxylic acids is 4. The summed E-state index contributed by atoms with van der Waals surface area (Å²) in [5.41, 5.74) is 6.20. The van der Waals surface area contributed by atoms with Crippen LogP contribution in [0, 0.1) is 0 Å². The van der Waals surface area contributed by atoms with Crippen LogP contribution in [0.25, 0.3) is 0 Å². The molecule has 0 rings (SSSR count). The van der Waals surface area contributed by atoms with Gasteiger partial charge in [-0.15, -0.1) is 0 Å². The quantitative estimate of drug-likeness (QED) is 0.350. The molecule has 10 nitrogen and oxygen atoms in total. The standard InChI is InChI=1S/C10H16N2O8.2Mn/c11-9(1-5(13)14,2-6(15)16)10(12,3-7(17)18)4-8(19)20;;/h1-4,11-12H2,(H,13,14)(H,15,16)(H,17,18)(H,19,20);;/q;2*+2/p-4. The molecule has 0 aromatic rings. The summed E-state index contributed by atoms with van der Waals surface area (Å²) in [5.74, 6) is -7.33. The maximum Gasteiger partial charge on any atom is 2.00 e. The van der Waals surface area contributed by atoms with Crippen LogP contribution in [0.15, 0.2) is 0 Å². The minimum Gasteiger partial charge on any atom is -0.550 e. The number of aliphatic carboxylic acids is 4. The van der Waals surface area contributed by atoms with E-state index in [9.17, 15) is 39.6 Å². The van der Waals surface area contributed by atoms with Gasteiger partial charge in [-0.3, -0.25) is 0 Å². The molecule has 124 valence electrons. The van der Waals surface area contributed by atoms with Crippen molar-refractivity contribution in [2.45, 2.75) is 36.8 Å². The Labute approximate surface area is 146 Å². The number of rotatable bonds is 9. The summed E-state index contributed by atoms with van der Waals surface area (Å²) in [6.45, 7) is 0. The molecule has 0 saturated carbocycles. The third kappa shape index (κ3) is 7.74.